The van der Waals surface area contributed by atoms with E-state index < -0.39 is 0 Å². The molecular weight excluding hydrogens is 394 g/mol. The first-order chi connectivity index (χ1) is 15.3. The highest BCUT2D eigenvalue weighted by molar-refractivity contribution is 7.26. The van der Waals surface area contributed by atoms with E-state index in [9.17, 15) is 0 Å². The second-order valence-corrected chi connectivity index (χ2v) is 9.30. The van der Waals surface area contributed by atoms with Gasteiger partial charge in [0, 0.05) is 44.0 Å². The van der Waals surface area contributed by atoms with Crippen molar-refractivity contribution in [3.63, 3.8) is 0 Å². The standard InChI is InChI=1S/C29H19NS/c1-30(18-8-3-2-4-9-18)19-14-15-22-26-17-25-21-11-6-5-10-20(21)23-12-7-13-24(28(23)25)29(26)31-27(22)16-19/h2-17H,1H3. The van der Waals surface area contributed by atoms with Crippen molar-refractivity contribution in [1.29, 1.82) is 0 Å². The second kappa shape index (κ2) is 6.19. The molecule has 5 aromatic carbocycles. The van der Waals surface area contributed by atoms with Crippen molar-refractivity contribution >= 4 is 53.7 Å². The zero-order valence-electron chi connectivity index (χ0n) is 17.1. The molecule has 7 rings (SSSR count). The highest BCUT2D eigenvalue weighted by Gasteiger charge is 2.23. The van der Waals surface area contributed by atoms with Crippen molar-refractivity contribution in [2.45, 2.75) is 0 Å². The lowest BCUT2D eigenvalue weighted by Gasteiger charge is -2.19. The second-order valence-electron chi connectivity index (χ2n) is 8.25. The Morgan fingerprint density at radius 3 is 2.13 bits per heavy atom. The van der Waals surface area contributed by atoms with Crippen LogP contribution in [0.5, 0.6) is 0 Å². The van der Waals surface area contributed by atoms with Crippen molar-refractivity contribution < 1.29 is 0 Å². The van der Waals surface area contributed by atoms with E-state index in [1.54, 1.807) is 0 Å². The van der Waals surface area contributed by atoms with Gasteiger partial charge in [0.1, 0.15) is 0 Å². The van der Waals surface area contributed by atoms with Gasteiger partial charge in [-0.3, -0.25) is 0 Å². The lowest BCUT2D eigenvalue weighted by Crippen LogP contribution is -2.08. The largest absolute Gasteiger partial charge is 0.345 e. The Hall–Kier alpha value is -3.62. The third kappa shape index (κ3) is 2.31. The van der Waals surface area contributed by atoms with E-state index in [4.69, 9.17) is 0 Å². The Balaban J connectivity index is 1.50. The average Bonchev–Trinajstić information content (AvgIpc) is 3.36. The third-order valence-electron chi connectivity index (χ3n) is 6.62. The van der Waals surface area contributed by atoms with E-state index in [0.29, 0.717) is 0 Å². The number of para-hydroxylation sites is 1. The molecule has 0 fully saturated rings. The smallest absolute Gasteiger partial charge is 0.0434 e. The fourth-order valence-electron chi connectivity index (χ4n) is 5.10. The number of thiophene rings is 1. The summed E-state index contributed by atoms with van der Waals surface area (Å²) in [5.74, 6) is 0. The maximum absolute atomic E-state index is 2.42. The number of nitrogens with zero attached hydrogens (tertiary/aromatic N) is 1. The topological polar surface area (TPSA) is 3.24 Å². The van der Waals surface area contributed by atoms with Gasteiger partial charge in [0.2, 0.25) is 0 Å². The lowest BCUT2D eigenvalue weighted by atomic mass is 9.99. The lowest BCUT2D eigenvalue weighted by molar-refractivity contribution is 1.21. The van der Waals surface area contributed by atoms with E-state index in [1.165, 1.54) is 64.6 Å². The molecule has 1 nitrogen and oxygen atoms in total. The van der Waals surface area contributed by atoms with Gasteiger partial charge in [0.25, 0.3) is 0 Å². The molecule has 0 aliphatic heterocycles. The molecule has 0 saturated heterocycles. The van der Waals surface area contributed by atoms with Crippen LogP contribution in [0.2, 0.25) is 0 Å². The summed E-state index contributed by atoms with van der Waals surface area (Å²) < 4.78 is 2.73. The van der Waals surface area contributed by atoms with Crippen LogP contribution in [0.4, 0.5) is 11.4 Å². The fourth-order valence-corrected chi connectivity index (χ4v) is 6.34. The van der Waals surface area contributed by atoms with Crippen LogP contribution >= 0.6 is 11.3 Å². The summed E-state index contributed by atoms with van der Waals surface area (Å²) in [5.41, 5.74) is 7.87. The Labute approximate surface area is 184 Å². The van der Waals surface area contributed by atoms with Gasteiger partial charge in [0.15, 0.2) is 0 Å². The van der Waals surface area contributed by atoms with Gasteiger partial charge in [-0.15, -0.1) is 11.3 Å². The number of rotatable bonds is 2. The number of fused-ring (bicyclic) bond motifs is 7. The van der Waals surface area contributed by atoms with Gasteiger partial charge < -0.3 is 4.90 Å². The number of hydrogen-bond acceptors (Lipinski definition) is 2. The molecule has 0 radical (unpaired) electrons. The monoisotopic (exact) mass is 413 g/mol. The van der Waals surface area contributed by atoms with Gasteiger partial charge >= 0.3 is 0 Å². The first kappa shape index (κ1) is 17.1. The summed E-state index contributed by atoms with van der Waals surface area (Å²) >= 11 is 1.92. The summed E-state index contributed by atoms with van der Waals surface area (Å²) in [7, 11) is 2.14. The molecule has 0 amide bonds. The summed E-state index contributed by atoms with van der Waals surface area (Å²) in [5, 5.41) is 5.49. The number of anilines is 2. The zero-order valence-corrected chi connectivity index (χ0v) is 17.9. The number of benzene rings is 5. The predicted molar refractivity (Wildman–Crippen MR) is 136 cm³/mol. The minimum Gasteiger partial charge on any atom is -0.345 e. The molecule has 0 bridgehead atoms. The Bertz CT molecular complexity index is 1640. The molecule has 1 heterocycles. The molecule has 6 aromatic rings. The molecule has 0 N–H and O–H groups in total. The van der Waals surface area contributed by atoms with Crippen LogP contribution in [-0.4, -0.2) is 7.05 Å². The quantitative estimate of drug-likeness (QED) is 0.274. The van der Waals surface area contributed by atoms with Crippen molar-refractivity contribution in [2.75, 3.05) is 11.9 Å². The van der Waals surface area contributed by atoms with Gasteiger partial charge in [-0.2, -0.15) is 0 Å². The first-order valence-corrected chi connectivity index (χ1v) is 11.4. The summed E-state index contributed by atoms with van der Waals surface area (Å²) in [6, 6.07) is 35.4. The molecule has 2 heteroatoms. The Morgan fingerprint density at radius 2 is 1.29 bits per heavy atom. The molecule has 31 heavy (non-hydrogen) atoms. The minimum absolute atomic E-state index is 1.20. The fraction of sp³-hybridized carbons (Fsp3) is 0.0345. The van der Waals surface area contributed by atoms with Crippen molar-refractivity contribution in [2.24, 2.45) is 0 Å². The van der Waals surface area contributed by atoms with Crippen LogP contribution in [0.1, 0.15) is 0 Å². The van der Waals surface area contributed by atoms with Crippen LogP contribution in [0, 0.1) is 0 Å². The van der Waals surface area contributed by atoms with Gasteiger partial charge in [-0.05, 0) is 58.0 Å². The van der Waals surface area contributed by atoms with Crippen molar-refractivity contribution in [1.82, 2.24) is 0 Å². The Kier molecular flexibility index (Phi) is 3.42. The van der Waals surface area contributed by atoms with E-state index >= 15 is 0 Å². The maximum atomic E-state index is 2.42. The van der Waals surface area contributed by atoms with E-state index in [-0.39, 0.29) is 0 Å². The third-order valence-corrected chi connectivity index (χ3v) is 7.82. The normalized spacial score (nSPS) is 12.0. The molecule has 0 atom stereocenters. The van der Waals surface area contributed by atoms with Crippen LogP contribution in [0.25, 0.3) is 53.2 Å². The SMILES string of the molecule is CN(c1ccccc1)c1ccc2c(c1)sc1c3cccc4c3c(cc21)-c1ccccc1-4. The van der Waals surface area contributed by atoms with Crippen molar-refractivity contribution in [3.8, 4) is 22.3 Å². The highest BCUT2D eigenvalue weighted by Crippen LogP contribution is 2.51. The van der Waals surface area contributed by atoms with Crippen molar-refractivity contribution in [3.05, 3.63) is 97.1 Å². The molecule has 1 aromatic heterocycles. The van der Waals surface area contributed by atoms with Crippen LogP contribution in [-0.2, 0) is 0 Å². The predicted octanol–water partition coefficient (Wildman–Crippen LogP) is 8.62. The van der Waals surface area contributed by atoms with Gasteiger partial charge in [-0.25, -0.2) is 0 Å². The molecule has 0 saturated carbocycles. The van der Waals surface area contributed by atoms with E-state index in [0.717, 1.165) is 0 Å². The average molecular weight is 414 g/mol. The summed E-state index contributed by atoms with van der Waals surface area (Å²) in [6.07, 6.45) is 0. The van der Waals surface area contributed by atoms with Crippen LogP contribution in [0.15, 0.2) is 97.1 Å². The minimum atomic E-state index is 1.20. The summed E-state index contributed by atoms with van der Waals surface area (Å²) in [6.45, 7) is 0. The summed E-state index contributed by atoms with van der Waals surface area (Å²) in [4.78, 5) is 2.25. The molecule has 146 valence electrons. The zero-order chi connectivity index (χ0) is 20.5. The molecular formula is C29H19NS. The van der Waals surface area contributed by atoms with Gasteiger partial charge in [-0.1, -0.05) is 66.7 Å². The number of hydrogen-bond donors (Lipinski definition) is 0. The highest BCUT2D eigenvalue weighted by atomic mass is 32.1. The maximum Gasteiger partial charge on any atom is 0.0434 e. The molecule has 1 aliphatic rings. The van der Waals surface area contributed by atoms with Crippen LogP contribution < -0.4 is 4.90 Å². The van der Waals surface area contributed by atoms with E-state index in [1.807, 2.05) is 11.3 Å². The molecule has 0 unspecified atom stereocenters. The first-order valence-electron chi connectivity index (χ1n) is 10.6. The van der Waals surface area contributed by atoms with Crippen LogP contribution in [0.3, 0.4) is 0 Å². The van der Waals surface area contributed by atoms with E-state index in [2.05, 4.69) is 109 Å². The molecule has 1 aliphatic carbocycles. The van der Waals surface area contributed by atoms with Gasteiger partial charge in [0.05, 0.1) is 0 Å². The molecule has 0 spiro atoms. The Morgan fingerprint density at radius 1 is 0.548 bits per heavy atom.